The molecule has 0 unspecified atom stereocenters. The van der Waals surface area contributed by atoms with Crippen molar-refractivity contribution in [3.8, 4) is 0 Å². The Bertz CT molecular complexity index is 522. The van der Waals surface area contributed by atoms with E-state index in [4.69, 9.17) is 4.74 Å². The van der Waals surface area contributed by atoms with Crippen LogP contribution in [-0.4, -0.2) is 19.0 Å². The lowest BCUT2D eigenvalue weighted by Crippen LogP contribution is -2.14. The molecule has 0 saturated heterocycles. The van der Waals surface area contributed by atoms with E-state index in [0.29, 0.717) is 17.0 Å². The lowest BCUT2D eigenvalue weighted by atomic mass is 9.95. The molecule has 116 valence electrons. The van der Waals surface area contributed by atoms with Gasteiger partial charge in [0.2, 0.25) is 5.91 Å². The number of methoxy groups -OCH3 is 1. The zero-order valence-electron chi connectivity index (χ0n) is 12.8. The van der Waals surface area contributed by atoms with Crippen LogP contribution in [0.1, 0.15) is 66.2 Å². The van der Waals surface area contributed by atoms with E-state index < -0.39 is 0 Å². The van der Waals surface area contributed by atoms with Gasteiger partial charge in [-0.3, -0.25) is 4.79 Å². The molecule has 0 radical (unpaired) electrons. The molecule has 1 heterocycles. The Kier molecular flexibility index (Phi) is 5.79. The standard InChI is InChI=1S/C16H23NO3S/c1-3-4-5-10-13(18)17-15-14(16(19)20-2)11-8-6-7-9-12(11)21-15/h3-10H2,1-2H3,(H,17,18). The minimum atomic E-state index is -0.335. The zero-order chi connectivity index (χ0) is 15.2. The fourth-order valence-electron chi connectivity index (χ4n) is 2.70. The van der Waals surface area contributed by atoms with Crippen molar-refractivity contribution in [2.24, 2.45) is 0 Å². The molecule has 5 heteroatoms. The molecular weight excluding hydrogens is 286 g/mol. The summed E-state index contributed by atoms with van der Waals surface area (Å²) in [6.45, 7) is 2.11. The van der Waals surface area contributed by atoms with Crippen molar-refractivity contribution in [1.82, 2.24) is 0 Å². The van der Waals surface area contributed by atoms with Gasteiger partial charge in [0, 0.05) is 11.3 Å². The smallest absolute Gasteiger partial charge is 0.341 e. The monoisotopic (exact) mass is 309 g/mol. The maximum atomic E-state index is 12.0. The molecule has 0 aliphatic heterocycles. The molecule has 21 heavy (non-hydrogen) atoms. The number of hydrogen-bond acceptors (Lipinski definition) is 4. The van der Waals surface area contributed by atoms with Crippen LogP contribution in [0.25, 0.3) is 0 Å². The lowest BCUT2D eigenvalue weighted by molar-refractivity contribution is -0.116. The van der Waals surface area contributed by atoms with E-state index in [2.05, 4.69) is 12.2 Å². The van der Waals surface area contributed by atoms with E-state index >= 15 is 0 Å². The molecule has 1 aromatic heterocycles. The van der Waals surface area contributed by atoms with Crippen LogP contribution in [-0.2, 0) is 22.4 Å². The van der Waals surface area contributed by atoms with Gasteiger partial charge in [-0.25, -0.2) is 4.79 Å². The van der Waals surface area contributed by atoms with Crippen molar-refractivity contribution >= 4 is 28.2 Å². The Morgan fingerprint density at radius 1 is 1.24 bits per heavy atom. The number of hydrogen-bond donors (Lipinski definition) is 1. The third-order valence-electron chi connectivity index (χ3n) is 3.82. The molecule has 1 N–H and O–H groups in total. The van der Waals surface area contributed by atoms with Gasteiger partial charge < -0.3 is 10.1 Å². The van der Waals surface area contributed by atoms with E-state index in [9.17, 15) is 9.59 Å². The second-order valence-corrected chi connectivity index (χ2v) is 6.52. The second-order valence-electron chi connectivity index (χ2n) is 5.41. The summed E-state index contributed by atoms with van der Waals surface area (Å²) in [5.41, 5.74) is 1.67. The number of ether oxygens (including phenoxy) is 1. The second kappa shape index (κ2) is 7.59. The van der Waals surface area contributed by atoms with Crippen LogP contribution in [0.2, 0.25) is 0 Å². The first-order valence-corrected chi connectivity index (χ1v) is 8.51. The maximum absolute atomic E-state index is 12.0. The summed E-state index contributed by atoms with van der Waals surface area (Å²) >= 11 is 1.54. The Labute approximate surface area is 129 Å². The molecule has 0 aromatic carbocycles. The van der Waals surface area contributed by atoms with Gasteiger partial charge in [-0.05, 0) is 37.7 Å². The molecule has 1 aliphatic rings. The summed E-state index contributed by atoms with van der Waals surface area (Å²) in [5, 5.41) is 3.60. The van der Waals surface area contributed by atoms with E-state index in [1.165, 1.54) is 12.0 Å². The molecule has 0 fully saturated rings. The zero-order valence-corrected chi connectivity index (χ0v) is 13.6. The van der Waals surface area contributed by atoms with E-state index in [1.807, 2.05) is 0 Å². The average Bonchev–Trinajstić information content (AvgIpc) is 2.84. The molecule has 1 aliphatic carbocycles. The quantitative estimate of drug-likeness (QED) is 0.640. The predicted octanol–water partition coefficient (Wildman–Crippen LogP) is 3.93. The first-order chi connectivity index (χ1) is 10.2. The number of esters is 1. The summed E-state index contributed by atoms with van der Waals surface area (Å²) in [6.07, 6.45) is 7.69. The van der Waals surface area contributed by atoms with Crippen molar-refractivity contribution in [2.75, 3.05) is 12.4 Å². The lowest BCUT2D eigenvalue weighted by Gasteiger charge is -2.11. The molecule has 0 saturated carbocycles. The number of rotatable bonds is 6. The number of amides is 1. The Morgan fingerprint density at radius 2 is 2.00 bits per heavy atom. The van der Waals surface area contributed by atoms with Gasteiger partial charge in [-0.2, -0.15) is 0 Å². The fourth-order valence-corrected chi connectivity index (χ4v) is 3.99. The highest BCUT2D eigenvalue weighted by Crippen LogP contribution is 2.38. The number of aryl methyl sites for hydroxylation is 1. The largest absolute Gasteiger partial charge is 0.465 e. The van der Waals surface area contributed by atoms with Crippen LogP contribution in [0.3, 0.4) is 0 Å². The van der Waals surface area contributed by atoms with Crippen molar-refractivity contribution in [1.29, 1.82) is 0 Å². The van der Waals surface area contributed by atoms with Crippen molar-refractivity contribution < 1.29 is 14.3 Å². The summed E-state index contributed by atoms with van der Waals surface area (Å²) in [6, 6.07) is 0. The van der Waals surface area contributed by atoms with Crippen LogP contribution < -0.4 is 5.32 Å². The van der Waals surface area contributed by atoms with Gasteiger partial charge in [0.05, 0.1) is 12.7 Å². The highest BCUT2D eigenvalue weighted by Gasteiger charge is 2.26. The van der Waals surface area contributed by atoms with Gasteiger partial charge in [-0.1, -0.05) is 19.8 Å². The number of thiophene rings is 1. The number of anilines is 1. The van der Waals surface area contributed by atoms with Gasteiger partial charge in [0.25, 0.3) is 0 Å². The number of nitrogens with one attached hydrogen (secondary N) is 1. The summed E-state index contributed by atoms with van der Waals surface area (Å²) in [5.74, 6) is -0.342. The predicted molar refractivity (Wildman–Crippen MR) is 85.1 cm³/mol. The number of carbonyl (C=O) groups is 2. The topological polar surface area (TPSA) is 55.4 Å². The Balaban J connectivity index is 2.16. The molecule has 4 nitrogen and oxygen atoms in total. The third-order valence-corrected chi connectivity index (χ3v) is 5.03. The van der Waals surface area contributed by atoms with Gasteiger partial charge in [-0.15, -0.1) is 11.3 Å². The molecule has 0 spiro atoms. The Morgan fingerprint density at radius 3 is 2.71 bits per heavy atom. The molecule has 1 aromatic rings. The molecule has 1 amide bonds. The summed E-state index contributed by atoms with van der Waals surface area (Å²) < 4.78 is 4.90. The first-order valence-electron chi connectivity index (χ1n) is 7.70. The van der Waals surface area contributed by atoms with Crippen LogP contribution in [0.4, 0.5) is 5.00 Å². The number of fused-ring (bicyclic) bond motifs is 1. The first kappa shape index (κ1) is 16.0. The van der Waals surface area contributed by atoms with Crippen molar-refractivity contribution in [3.63, 3.8) is 0 Å². The SMILES string of the molecule is CCCCCC(=O)Nc1sc2c(c1C(=O)OC)CCCC2. The minimum absolute atomic E-state index is 0.00722. The molecule has 0 atom stereocenters. The highest BCUT2D eigenvalue weighted by molar-refractivity contribution is 7.17. The average molecular weight is 309 g/mol. The van der Waals surface area contributed by atoms with Crippen molar-refractivity contribution in [2.45, 2.75) is 58.3 Å². The summed E-state index contributed by atoms with van der Waals surface area (Å²) in [7, 11) is 1.39. The number of unbranched alkanes of at least 4 members (excludes halogenated alkanes) is 2. The van der Waals surface area contributed by atoms with Crippen LogP contribution in [0, 0.1) is 0 Å². The Hall–Kier alpha value is -1.36. The maximum Gasteiger partial charge on any atom is 0.341 e. The normalized spacial score (nSPS) is 13.6. The van der Waals surface area contributed by atoms with Crippen LogP contribution >= 0.6 is 11.3 Å². The van der Waals surface area contributed by atoms with E-state index in [-0.39, 0.29) is 11.9 Å². The molecular formula is C16H23NO3S. The van der Waals surface area contributed by atoms with E-state index in [1.54, 1.807) is 11.3 Å². The molecule has 0 bridgehead atoms. The fraction of sp³-hybridized carbons (Fsp3) is 0.625. The van der Waals surface area contributed by atoms with Crippen LogP contribution in [0.15, 0.2) is 0 Å². The van der Waals surface area contributed by atoms with E-state index in [0.717, 1.165) is 50.5 Å². The van der Waals surface area contributed by atoms with Gasteiger partial charge in [0.1, 0.15) is 5.00 Å². The molecule has 2 rings (SSSR count). The summed E-state index contributed by atoms with van der Waals surface area (Å²) in [4.78, 5) is 25.3. The number of carbonyl (C=O) groups excluding carboxylic acids is 2. The minimum Gasteiger partial charge on any atom is -0.465 e. The highest BCUT2D eigenvalue weighted by atomic mass is 32.1. The third kappa shape index (κ3) is 3.84. The van der Waals surface area contributed by atoms with Gasteiger partial charge in [0.15, 0.2) is 0 Å². The van der Waals surface area contributed by atoms with Crippen LogP contribution in [0.5, 0.6) is 0 Å². The van der Waals surface area contributed by atoms with Crippen molar-refractivity contribution in [3.05, 3.63) is 16.0 Å². The van der Waals surface area contributed by atoms with Gasteiger partial charge >= 0.3 is 5.97 Å².